The van der Waals surface area contributed by atoms with Gasteiger partial charge in [0.25, 0.3) is 5.91 Å². The van der Waals surface area contributed by atoms with Gasteiger partial charge in [0.05, 0.1) is 16.3 Å². The van der Waals surface area contributed by atoms with Gasteiger partial charge in [-0.1, -0.05) is 23.2 Å². The van der Waals surface area contributed by atoms with Crippen LogP contribution in [0.25, 0.3) is 0 Å². The molecule has 1 saturated heterocycles. The Bertz CT molecular complexity index is 941. The molecule has 1 aromatic carbocycles. The summed E-state index contributed by atoms with van der Waals surface area (Å²) in [6.07, 6.45) is -0.436. The van der Waals surface area contributed by atoms with Crippen LogP contribution in [0.4, 0.5) is 13.2 Å². The van der Waals surface area contributed by atoms with E-state index < -0.39 is 33.2 Å². The first-order valence-corrected chi connectivity index (χ1v) is 12.8. The fourth-order valence-electron chi connectivity index (χ4n) is 4.40. The van der Waals surface area contributed by atoms with Gasteiger partial charge in [-0.05, 0) is 31.9 Å². The third kappa shape index (κ3) is 6.46. The number of halogens is 6. The van der Waals surface area contributed by atoms with Crippen molar-refractivity contribution in [3.8, 4) is 0 Å². The first-order valence-electron chi connectivity index (χ1n) is 10.4. The van der Waals surface area contributed by atoms with Crippen molar-refractivity contribution in [1.29, 1.82) is 0 Å². The molecule has 1 saturated carbocycles. The third-order valence-electron chi connectivity index (χ3n) is 6.39. The van der Waals surface area contributed by atoms with E-state index in [2.05, 4.69) is 5.32 Å². The number of nitrogens with zero attached hydrogens (tertiary/aromatic N) is 2. The smallest absolute Gasteiger partial charge is 0.255 e. The number of hydrogen-bond donors (Lipinski definition) is 1. The van der Waals surface area contributed by atoms with E-state index in [-0.39, 0.29) is 79.1 Å². The van der Waals surface area contributed by atoms with Crippen LogP contribution in [0.15, 0.2) is 12.1 Å². The van der Waals surface area contributed by atoms with Gasteiger partial charge < -0.3 is 5.32 Å². The predicted molar refractivity (Wildman–Crippen MR) is 125 cm³/mol. The predicted octanol–water partition coefficient (Wildman–Crippen LogP) is 4.20. The van der Waals surface area contributed by atoms with Crippen molar-refractivity contribution in [3.05, 3.63) is 33.6 Å². The van der Waals surface area contributed by atoms with Gasteiger partial charge in [-0.3, -0.25) is 9.69 Å². The number of carbonyl (C=O) groups excluding carboxylic acids is 1. The maximum atomic E-state index is 14.3. The molecule has 2 fully saturated rings. The van der Waals surface area contributed by atoms with Crippen LogP contribution in [0.5, 0.6) is 0 Å². The highest BCUT2D eigenvalue weighted by Gasteiger charge is 2.47. The average Bonchev–Trinajstić information content (AvgIpc) is 2.73. The first kappa shape index (κ1) is 28.5. The van der Waals surface area contributed by atoms with Crippen molar-refractivity contribution in [2.24, 2.45) is 0 Å². The summed E-state index contributed by atoms with van der Waals surface area (Å²) in [6.45, 7) is 2.80. The molecule has 1 amide bonds. The largest absolute Gasteiger partial charge is 0.350 e. The average molecular weight is 553 g/mol. The third-order valence-corrected chi connectivity index (χ3v) is 8.79. The molecule has 0 aromatic heterocycles. The van der Waals surface area contributed by atoms with Crippen LogP contribution < -0.4 is 5.32 Å². The van der Waals surface area contributed by atoms with Crippen LogP contribution in [-0.2, 0) is 10.0 Å². The topological polar surface area (TPSA) is 69.7 Å². The molecule has 1 aliphatic heterocycles. The summed E-state index contributed by atoms with van der Waals surface area (Å²) in [5, 5.41) is 2.57. The van der Waals surface area contributed by atoms with Crippen LogP contribution in [-0.4, -0.2) is 73.5 Å². The number of benzene rings is 1. The zero-order chi connectivity index (χ0) is 23.7. The van der Waals surface area contributed by atoms with Crippen LogP contribution in [0.2, 0.25) is 10.0 Å². The van der Waals surface area contributed by atoms with E-state index >= 15 is 0 Å². The maximum Gasteiger partial charge on any atom is 0.255 e. The molecule has 3 rings (SSSR count). The summed E-state index contributed by atoms with van der Waals surface area (Å²) < 4.78 is 67.8. The summed E-state index contributed by atoms with van der Waals surface area (Å²) in [7, 11) is -3.34. The molecule has 0 radical (unpaired) electrons. The Balaban J connectivity index is 0.00000385. The normalized spacial score (nSPS) is 21.3. The molecule has 1 aromatic rings. The minimum atomic E-state index is -3.34. The molecule has 1 N–H and O–H groups in total. The molecule has 188 valence electrons. The Morgan fingerprint density at radius 2 is 1.67 bits per heavy atom. The number of carbonyl (C=O) groups is 1. The van der Waals surface area contributed by atoms with Crippen LogP contribution >= 0.6 is 35.6 Å². The number of piperazine rings is 1. The fourth-order valence-corrected chi connectivity index (χ4v) is 6.04. The van der Waals surface area contributed by atoms with E-state index in [1.165, 1.54) is 10.4 Å². The van der Waals surface area contributed by atoms with Crippen molar-refractivity contribution < 1.29 is 26.4 Å². The lowest BCUT2D eigenvalue weighted by Gasteiger charge is -2.50. The van der Waals surface area contributed by atoms with E-state index in [0.717, 1.165) is 6.07 Å². The van der Waals surface area contributed by atoms with Gasteiger partial charge >= 0.3 is 0 Å². The van der Waals surface area contributed by atoms with Crippen molar-refractivity contribution >= 4 is 51.5 Å². The van der Waals surface area contributed by atoms with E-state index in [4.69, 9.17) is 23.2 Å². The second-order valence-electron chi connectivity index (χ2n) is 8.29. The van der Waals surface area contributed by atoms with Crippen molar-refractivity contribution in [2.45, 2.75) is 44.1 Å². The van der Waals surface area contributed by atoms with Gasteiger partial charge in [-0.15, -0.1) is 12.4 Å². The second-order valence-corrected chi connectivity index (χ2v) is 11.4. The highest BCUT2D eigenvalue weighted by Crippen LogP contribution is 2.42. The molecule has 0 unspecified atom stereocenters. The van der Waals surface area contributed by atoms with Crippen molar-refractivity contribution in [1.82, 2.24) is 14.5 Å². The molecule has 13 heteroatoms. The van der Waals surface area contributed by atoms with Gasteiger partial charge in [0.15, 0.2) is 0 Å². The molecule has 33 heavy (non-hydrogen) atoms. The first-order chi connectivity index (χ1) is 14.9. The minimum absolute atomic E-state index is 0. The van der Waals surface area contributed by atoms with E-state index in [0.29, 0.717) is 13.1 Å². The lowest BCUT2D eigenvalue weighted by molar-refractivity contribution is -0.0856. The highest BCUT2D eigenvalue weighted by atomic mass is 35.5. The fraction of sp³-hybridized carbons (Fsp3) is 0.650. The summed E-state index contributed by atoms with van der Waals surface area (Å²) >= 11 is 11.7. The minimum Gasteiger partial charge on any atom is -0.350 e. The zero-order valence-electron chi connectivity index (χ0n) is 18.1. The Hall–Kier alpha value is -0.780. The molecule has 2 aliphatic rings. The van der Waals surface area contributed by atoms with Crippen molar-refractivity contribution in [3.63, 3.8) is 0 Å². The van der Waals surface area contributed by atoms with E-state index in [1.54, 1.807) is 6.92 Å². The number of sulfonamides is 1. The van der Waals surface area contributed by atoms with E-state index in [9.17, 15) is 26.4 Å². The van der Waals surface area contributed by atoms with Gasteiger partial charge in [-0.2, -0.15) is 4.31 Å². The SMILES string of the molecule is CCS(=O)(=O)N1CCN(C2(CNC(=O)c3c(F)cc(Cl)cc3Cl)CCC(F)(F)CC2)CC1.Cl. The molecule has 1 aliphatic carbocycles. The van der Waals surface area contributed by atoms with Crippen LogP contribution in [0, 0.1) is 5.82 Å². The van der Waals surface area contributed by atoms with Gasteiger partial charge in [-0.25, -0.2) is 21.6 Å². The Labute approximate surface area is 208 Å². The number of amides is 1. The summed E-state index contributed by atoms with van der Waals surface area (Å²) in [5.74, 6) is -4.42. The van der Waals surface area contributed by atoms with Gasteiger partial charge in [0, 0.05) is 56.1 Å². The Kier molecular flexibility index (Phi) is 9.37. The molecule has 0 spiro atoms. The highest BCUT2D eigenvalue weighted by molar-refractivity contribution is 7.89. The summed E-state index contributed by atoms with van der Waals surface area (Å²) in [6, 6.07) is 2.23. The lowest BCUT2D eigenvalue weighted by Crippen LogP contribution is -2.63. The van der Waals surface area contributed by atoms with E-state index in [1.807, 2.05) is 4.90 Å². The Morgan fingerprint density at radius 3 is 2.18 bits per heavy atom. The number of nitrogens with one attached hydrogen (secondary N) is 1. The quantitative estimate of drug-likeness (QED) is 0.574. The van der Waals surface area contributed by atoms with Crippen molar-refractivity contribution in [2.75, 3.05) is 38.5 Å². The molecular formula is C20H27Cl3F3N3O3S. The maximum absolute atomic E-state index is 14.3. The second kappa shape index (κ2) is 10.9. The number of hydrogen-bond acceptors (Lipinski definition) is 4. The molecule has 1 heterocycles. The zero-order valence-corrected chi connectivity index (χ0v) is 21.2. The lowest BCUT2D eigenvalue weighted by atomic mass is 9.78. The van der Waals surface area contributed by atoms with Crippen LogP contribution in [0.1, 0.15) is 43.0 Å². The summed E-state index contributed by atoms with van der Waals surface area (Å²) in [5.41, 5.74) is -1.14. The molecular weight excluding hydrogens is 526 g/mol. The van der Waals surface area contributed by atoms with Crippen LogP contribution in [0.3, 0.4) is 0 Å². The number of rotatable bonds is 6. The van der Waals surface area contributed by atoms with Gasteiger partial charge in [0.2, 0.25) is 15.9 Å². The Morgan fingerprint density at radius 1 is 1.09 bits per heavy atom. The molecule has 0 bridgehead atoms. The monoisotopic (exact) mass is 551 g/mol. The number of alkyl halides is 2. The molecule has 6 nitrogen and oxygen atoms in total. The standard InChI is InChI=1S/C20H26Cl2F3N3O3S.ClH/c1-2-32(30,31)28-9-7-27(8-10-28)19(3-5-20(24,25)6-4-19)13-26-18(29)17-15(22)11-14(21)12-16(17)23;/h11-12H,2-10,13H2,1H3,(H,26,29);1H. The summed E-state index contributed by atoms with van der Waals surface area (Å²) in [4.78, 5) is 14.7. The molecule has 0 atom stereocenters. The van der Waals surface area contributed by atoms with Gasteiger partial charge in [0.1, 0.15) is 5.82 Å².